The second-order valence-corrected chi connectivity index (χ2v) is 3.06. The number of carbonyl (C=O) groups excluding carboxylic acids is 2. The lowest BCUT2D eigenvalue weighted by molar-refractivity contribution is -0.174. The number of hydrogen-bond donors (Lipinski definition) is 0. The van der Waals surface area contributed by atoms with E-state index in [-0.39, 0.29) is 12.8 Å². The average Bonchev–Trinajstić information content (AvgIpc) is 2.32. The fraction of sp³-hybridized carbons (Fsp3) is 0.800. The zero-order valence-corrected chi connectivity index (χ0v) is 10.4. The van der Waals surface area contributed by atoms with Crippen molar-refractivity contribution in [3.8, 4) is 0 Å². The summed E-state index contributed by atoms with van der Waals surface area (Å²) in [5, 5.41) is 0. The van der Waals surface area contributed by atoms with E-state index in [2.05, 4.69) is 4.74 Å². The quantitative estimate of drug-likeness (QED) is 0.342. The Balaban J connectivity index is 3.99. The molecule has 0 N–H and O–H groups in total. The van der Waals surface area contributed by atoms with Crippen LogP contribution in [0.15, 0.2) is 0 Å². The summed E-state index contributed by atoms with van der Waals surface area (Å²) in [6.07, 6.45) is -1.78. The third-order valence-corrected chi connectivity index (χ3v) is 1.95. The Hall–Kier alpha value is -1.02. The Morgan fingerprint density at radius 3 is 1.29 bits per heavy atom. The maximum atomic E-state index is 11.3. The highest BCUT2D eigenvalue weighted by atomic mass is 16.7. The van der Waals surface area contributed by atoms with Crippen LogP contribution in [0.3, 0.4) is 0 Å². The molecule has 100 valence electrons. The van der Waals surface area contributed by atoms with E-state index in [1.165, 1.54) is 28.4 Å². The summed E-state index contributed by atoms with van der Waals surface area (Å²) in [6.45, 7) is 0. The van der Waals surface area contributed by atoms with Crippen LogP contribution in [0.4, 0.5) is 0 Å². The van der Waals surface area contributed by atoms with Crippen molar-refractivity contribution in [2.75, 3.05) is 28.4 Å². The summed E-state index contributed by atoms with van der Waals surface area (Å²) in [5.74, 6) is -1.45. The molecule has 0 saturated heterocycles. The molecule has 0 aliphatic carbocycles. The van der Waals surface area contributed by atoms with Gasteiger partial charge in [-0.1, -0.05) is 0 Å². The first-order valence-electron chi connectivity index (χ1n) is 4.92. The summed E-state index contributed by atoms with van der Waals surface area (Å²) in [5.41, 5.74) is 0. The van der Waals surface area contributed by atoms with Crippen molar-refractivity contribution < 1.29 is 33.3 Å². The molecule has 17 heavy (non-hydrogen) atoms. The van der Waals surface area contributed by atoms with E-state index in [4.69, 9.17) is 18.9 Å². The van der Waals surface area contributed by atoms with Gasteiger partial charge in [-0.3, -0.25) is 9.59 Å². The van der Waals surface area contributed by atoms with Crippen LogP contribution in [-0.2, 0) is 33.3 Å². The van der Waals surface area contributed by atoms with Crippen LogP contribution >= 0.6 is 0 Å². The van der Waals surface area contributed by atoms with Gasteiger partial charge in [0.15, 0.2) is 12.6 Å². The van der Waals surface area contributed by atoms with E-state index >= 15 is 0 Å². The number of esters is 2. The second-order valence-electron chi connectivity index (χ2n) is 3.06. The summed E-state index contributed by atoms with van der Waals surface area (Å²) < 4.78 is 23.7. The number of ether oxygens (including phenoxy) is 5. The Bertz CT molecular complexity index is 209. The molecule has 0 aliphatic heterocycles. The summed E-state index contributed by atoms with van der Waals surface area (Å²) >= 11 is 0. The Morgan fingerprint density at radius 1 is 0.765 bits per heavy atom. The lowest BCUT2D eigenvalue weighted by Crippen LogP contribution is -2.25. The maximum Gasteiger partial charge on any atom is 0.318 e. The van der Waals surface area contributed by atoms with Crippen LogP contribution in [0.5, 0.6) is 0 Å². The van der Waals surface area contributed by atoms with E-state index in [1.54, 1.807) is 0 Å². The molecule has 0 unspecified atom stereocenters. The monoisotopic (exact) mass is 250 g/mol. The van der Waals surface area contributed by atoms with Crippen molar-refractivity contribution >= 4 is 11.9 Å². The summed E-state index contributed by atoms with van der Waals surface area (Å²) in [4.78, 5) is 22.5. The molecule has 0 saturated carbocycles. The first-order valence-corrected chi connectivity index (χ1v) is 4.92. The predicted molar refractivity (Wildman–Crippen MR) is 55.9 cm³/mol. The third-order valence-electron chi connectivity index (χ3n) is 1.95. The minimum atomic E-state index is -0.727. The van der Waals surface area contributed by atoms with Crippen LogP contribution in [-0.4, -0.2) is 53.0 Å². The molecular formula is C10H18O7. The van der Waals surface area contributed by atoms with Crippen LogP contribution in [0.2, 0.25) is 0 Å². The van der Waals surface area contributed by atoms with Gasteiger partial charge < -0.3 is 23.7 Å². The van der Waals surface area contributed by atoms with E-state index < -0.39 is 24.5 Å². The summed E-state index contributed by atoms with van der Waals surface area (Å²) in [6, 6.07) is 0. The fourth-order valence-corrected chi connectivity index (χ4v) is 1.01. The van der Waals surface area contributed by atoms with Crippen LogP contribution in [0.1, 0.15) is 12.8 Å². The highest BCUT2D eigenvalue weighted by Crippen LogP contribution is 2.04. The molecule has 0 spiro atoms. The molecular weight excluding hydrogens is 232 g/mol. The molecule has 0 bridgehead atoms. The molecule has 0 aliphatic rings. The third kappa shape index (κ3) is 7.01. The molecule has 0 radical (unpaired) electrons. The number of rotatable bonds is 8. The fourth-order valence-electron chi connectivity index (χ4n) is 1.01. The minimum Gasteiger partial charge on any atom is -0.393 e. The Labute approximate surface area is 99.9 Å². The van der Waals surface area contributed by atoms with E-state index in [1.807, 2.05) is 0 Å². The van der Waals surface area contributed by atoms with Gasteiger partial charge in [0.25, 0.3) is 0 Å². The maximum absolute atomic E-state index is 11.3. The molecule has 0 aromatic rings. The van der Waals surface area contributed by atoms with Gasteiger partial charge in [0.05, 0.1) is 12.8 Å². The highest BCUT2D eigenvalue weighted by molar-refractivity contribution is 5.85. The zero-order valence-electron chi connectivity index (χ0n) is 10.4. The smallest absolute Gasteiger partial charge is 0.318 e. The van der Waals surface area contributed by atoms with Crippen molar-refractivity contribution in [1.82, 2.24) is 0 Å². The largest absolute Gasteiger partial charge is 0.393 e. The molecule has 0 amide bonds. The zero-order chi connectivity index (χ0) is 13.3. The topological polar surface area (TPSA) is 80.3 Å². The van der Waals surface area contributed by atoms with Crippen molar-refractivity contribution in [3.63, 3.8) is 0 Å². The molecule has 0 fully saturated rings. The number of carbonyl (C=O) groups is 2. The second kappa shape index (κ2) is 9.06. The first kappa shape index (κ1) is 16.0. The van der Waals surface area contributed by atoms with Gasteiger partial charge in [0, 0.05) is 28.4 Å². The van der Waals surface area contributed by atoms with Crippen molar-refractivity contribution in [2.45, 2.75) is 25.4 Å². The van der Waals surface area contributed by atoms with E-state index in [9.17, 15) is 9.59 Å². The lowest BCUT2D eigenvalue weighted by Gasteiger charge is -2.13. The van der Waals surface area contributed by atoms with Gasteiger partial charge in [-0.05, 0) is 0 Å². The Morgan fingerprint density at radius 2 is 1.06 bits per heavy atom. The minimum absolute atomic E-state index is 0.163. The molecule has 0 atom stereocenters. The van der Waals surface area contributed by atoms with Gasteiger partial charge in [-0.15, -0.1) is 0 Å². The van der Waals surface area contributed by atoms with Crippen LogP contribution < -0.4 is 0 Å². The lowest BCUT2D eigenvalue weighted by atomic mass is 10.4. The highest BCUT2D eigenvalue weighted by Gasteiger charge is 2.19. The van der Waals surface area contributed by atoms with Gasteiger partial charge in [-0.2, -0.15) is 0 Å². The normalized spacial score (nSPS) is 10.9. The van der Waals surface area contributed by atoms with Crippen molar-refractivity contribution in [3.05, 3.63) is 0 Å². The van der Waals surface area contributed by atoms with E-state index in [0.29, 0.717) is 0 Å². The van der Waals surface area contributed by atoms with Gasteiger partial charge in [0.1, 0.15) is 0 Å². The standard InChI is InChI=1S/C10H18O7/c1-13-9(14-2)5-7(11)17-8(12)6-10(15-3)16-4/h9-10H,5-6H2,1-4H3. The predicted octanol–water partition coefficient (Wildman–Crippen LogP) is 0.0742. The molecule has 0 heterocycles. The number of methoxy groups -OCH3 is 4. The van der Waals surface area contributed by atoms with Gasteiger partial charge in [0.2, 0.25) is 0 Å². The summed E-state index contributed by atoms with van der Waals surface area (Å²) in [7, 11) is 5.54. The first-order chi connectivity index (χ1) is 8.07. The van der Waals surface area contributed by atoms with Crippen LogP contribution in [0, 0.1) is 0 Å². The molecule has 7 heteroatoms. The van der Waals surface area contributed by atoms with Gasteiger partial charge >= 0.3 is 11.9 Å². The molecule has 0 aromatic heterocycles. The molecule has 7 nitrogen and oxygen atoms in total. The van der Waals surface area contributed by atoms with Crippen LogP contribution in [0.25, 0.3) is 0 Å². The SMILES string of the molecule is COC(CC(=O)OC(=O)CC(OC)OC)OC. The van der Waals surface area contributed by atoms with Gasteiger partial charge in [-0.25, -0.2) is 0 Å². The molecule has 0 rings (SSSR count). The van der Waals surface area contributed by atoms with Crippen molar-refractivity contribution in [2.24, 2.45) is 0 Å². The molecule has 0 aromatic carbocycles. The Kier molecular flexibility index (Phi) is 8.51. The number of hydrogen-bond acceptors (Lipinski definition) is 7. The average molecular weight is 250 g/mol. The van der Waals surface area contributed by atoms with E-state index in [0.717, 1.165) is 0 Å². The van der Waals surface area contributed by atoms with Crippen molar-refractivity contribution in [1.29, 1.82) is 0 Å².